The van der Waals surface area contributed by atoms with Crippen molar-refractivity contribution in [2.75, 3.05) is 0 Å². The van der Waals surface area contributed by atoms with Gasteiger partial charge in [0.25, 0.3) is 0 Å². The van der Waals surface area contributed by atoms with Gasteiger partial charge < -0.3 is 4.42 Å². The van der Waals surface area contributed by atoms with E-state index in [9.17, 15) is 9.59 Å². The molecule has 1 aromatic carbocycles. The molecule has 4 rings (SSSR count). The third-order valence-corrected chi connectivity index (χ3v) is 5.37. The number of hydrogen-bond donors (Lipinski definition) is 0. The fraction of sp³-hybridized carbons (Fsp3) is 0.409. The predicted molar refractivity (Wildman–Crippen MR) is 107 cm³/mol. The van der Waals surface area contributed by atoms with Crippen LogP contribution in [0.25, 0.3) is 11.1 Å². The lowest BCUT2D eigenvalue weighted by atomic mass is 9.96. The molecule has 0 aliphatic heterocycles. The molecule has 3 aromatic rings. The van der Waals surface area contributed by atoms with Crippen LogP contribution in [0, 0.1) is 6.92 Å². The lowest BCUT2D eigenvalue weighted by molar-refractivity contribution is 0.0890. The number of hydrogen-bond acceptors (Lipinski definition) is 4. The molecule has 0 amide bonds. The van der Waals surface area contributed by atoms with E-state index in [0.29, 0.717) is 16.6 Å². The van der Waals surface area contributed by atoms with E-state index in [-0.39, 0.29) is 24.9 Å². The molecule has 1 aliphatic carbocycles. The van der Waals surface area contributed by atoms with E-state index in [1.54, 1.807) is 16.8 Å². The second-order valence-electron chi connectivity index (χ2n) is 7.48. The number of benzene rings is 1. The van der Waals surface area contributed by atoms with E-state index >= 15 is 0 Å². The van der Waals surface area contributed by atoms with Gasteiger partial charge in [-0.3, -0.25) is 18.9 Å². The van der Waals surface area contributed by atoms with Gasteiger partial charge in [0, 0.05) is 19.2 Å². The van der Waals surface area contributed by atoms with Crippen molar-refractivity contribution in [1.82, 2.24) is 9.13 Å². The van der Waals surface area contributed by atoms with Gasteiger partial charge in [0.05, 0.1) is 11.6 Å². The predicted octanol–water partition coefficient (Wildman–Crippen LogP) is 3.67. The van der Waals surface area contributed by atoms with Crippen LogP contribution in [-0.4, -0.2) is 21.1 Å². The SMILES string of the molecule is Cc1ccn(C(=O)CCn2c(=O)oc3ccccc32)c(=NC2CCCCC2)c1. The van der Waals surface area contributed by atoms with Crippen LogP contribution in [0.1, 0.15) is 48.9 Å². The van der Waals surface area contributed by atoms with Crippen molar-refractivity contribution in [1.29, 1.82) is 0 Å². The van der Waals surface area contributed by atoms with E-state index in [2.05, 4.69) is 0 Å². The summed E-state index contributed by atoms with van der Waals surface area (Å²) < 4.78 is 8.38. The summed E-state index contributed by atoms with van der Waals surface area (Å²) in [6, 6.07) is 11.4. The molecule has 0 unspecified atom stereocenters. The Balaban J connectivity index is 1.59. The van der Waals surface area contributed by atoms with E-state index in [4.69, 9.17) is 9.41 Å². The van der Waals surface area contributed by atoms with Crippen molar-refractivity contribution in [3.05, 3.63) is 64.2 Å². The Bertz CT molecular complexity index is 1110. The highest BCUT2D eigenvalue weighted by Gasteiger charge is 2.14. The first-order valence-electron chi connectivity index (χ1n) is 9.96. The summed E-state index contributed by atoms with van der Waals surface area (Å²) in [5.41, 5.74) is 3.04. The van der Waals surface area contributed by atoms with Gasteiger partial charge in [-0.1, -0.05) is 31.4 Å². The Morgan fingerprint density at radius 3 is 2.79 bits per heavy atom. The van der Waals surface area contributed by atoms with Gasteiger partial charge >= 0.3 is 5.76 Å². The van der Waals surface area contributed by atoms with Crippen molar-refractivity contribution in [2.24, 2.45) is 4.99 Å². The molecule has 0 radical (unpaired) electrons. The highest BCUT2D eigenvalue weighted by molar-refractivity contribution is 5.79. The summed E-state index contributed by atoms with van der Waals surface area (Å²) >= 11 is 0. The number of aryl methyl sites for hydroxylation is 2. The van der Waals surface area contributed by atoms with Crippen LogP contribution in [0.4, 0.5) is 0 Å². The average molecular weight is 379 g/mol. The van der Waals surface area contributed by atoms with Crippen LogP contribution < -0.4 is 11.2 Å². The smallest absolute Gasteiger partial charge is 0.408 e. The molecule has 0 bridgehead atoms. The number of carbonyl (C=O) groups excluding carboxylic acids is 1. The Hall–Kier alpha value is -2.89. The third-order valence-electron chi connectivity index (χ3n) is 5.37. The first-order valence-corrected chi connectivity index (χ1v) is 9.96. The quantitative estimate of drug-likeness (QED) is 0.694. The summed E-state index contributed by atoms with van der Waals surface area (Å²) in [4.78, 5) is 29.9. The van der Waals surface area contributed by atoms with E-state index in [0.717, 1.165) is 18.4 Å². The molecule has 2 aromatic heterocycles. The Morgan fingerprint density at radius 1 is 1.18 bits per heavy atom. The Labute approximate surface area is 163 Å². The Kier molecular flexibility index (Phi) is 5.28. The maximum absolute atomic E-state index is 12.9. The number of pyridine rings is 1. The van der Waals surface area contributed by atoms with Gasteiger partial charge in [-0.25, -0.2) is 4.79 Å². The van der Waals surface area contributed by atoms with Gasteiger partial charge in [-0.15, -0.1) is 0 Å². The summed E-state index contributed by atoms with van der Waals surface area (Å²) in [7, 11) is 0. The standard InChI is InChI=1S/C22H25N3O3/c1-16-11-13-25(20(15-16)23-17-7-3-2-4-8-17)21(26)12-14-24-18-9-5-6-10-19(18)28-22(24)27/h5-6,9-11,13,15,17H,2-4,7-8,12,14H2,1H3. The normalized spacial score (nSPS) is 16.0. The molecular formula is C22H25N3O3. The van der Waals surface area contributed by atoms with Crippen molar-refractivity contribution in [3.8, 4) is 0 Å². The van der Waals surface area contributed by atoms with Gasteiger partial charge in [0.15, 0.2) is 5.58 Å². The van der Waals surface area contributed by atoms with Gasteiger partial charge in [-0.05, 0) is 49.6 Å². The highest BCUT2D eigenvalue weighted by Crippen LogP contribution is 2.19. The molecule has 0 spiro atoms. The minimum Gasteiger partial charge on any atom is -0.408 e. The molecule has 0 atom stereocenters. The number of carbonyl (C=O) groups is 1. The summed E-state index contributed by atoms with van der Waals surface area (Å²) in [6.45, 7) is 2.28. The van der Waals surface area contributed by atoms with Crippen molar-refractivity contribution < 1.29 is 9.21 Å². The number of fused-ring (bicyclic) bond motifs is 1. The van der Waals surface area contributed by atoms with Gasteiger partial charge in [-0.2, -0.15) is 0 Å². The van der Waals surface area contributed by atoms with Crippen LogP contribution in [0.2, 0.25) is 0 Å². The first kappa shape index (κ1) is 18.5. The zero-order valence-corrected chi connectivity index (χ0v) is 16.1. The first-order chi connectivity index (χ1) is 13.6. The number of nitrogens with zero attached hydrogens (tertiary/aromatic N) is 3. The molecule has 2 heterocycles. The molecule has 6 heteroatoms. The van der Waals surface area contributed by atoms with E-state index in [1.807, 2.05) is 37.3 Å². The Morgan fingerprint density at radius 2 is 1.96 bits per heavy atom. The molecule has 1 fully saturated rings. The molecule has 1 saturated carbocycles. The molecule has 28 heavy (non-hydrogen) atoms. The number of para-hydroxylation sites is 2. The maximum Gasteiger partial charge on any atom is 0.419 e. The van der Waals surface area contributed by atoms with Crippen LogP contribution in [0.5, 0.6) is 0 Å². The zero-order valence-electron chi connectivity index (χ0n) is 16.1. The molecule has 146 valence electrons. The zero-order chi connectivity index (χ0) is 19.5. The fourth-order valence-electron chi connectivity index (χ4n) is 3.85. The second kappa shape index (κ2) is 8.00. The van der Waals surface area contributed by atoms with Crippen molar-refractivity contribution in [2.45, 2.75) is 58.0 Å². The van der Waals surface area contributed by atoms with Crippen molar-refractivity contribution in [3.63, 3.8) is 0 Å². The minimum absolute atomic E-state index is 0.0771. The molecule has 6 nitrogen and oxygen atoms in total. The fourth-order valence-corrected chi connectivity index (χ4v) is 3.85. The monoisotopic (exact) mass is 379 g/mol. The molecular weight excluding hydrogens is 354 g/mol. The molecule has 1 aliphatic rings. The third kappa shape index (κ3) is 3.86. The maximum atomic E-state index is 12.9. The lowest BCUT2D eigenvalue weighted by Gasteiger charge is -2.18. The second-order valence-corrected chi connectivity index (χ2v) is 7.48. The summed E-state index contributed by atoms with van der Waals surface area (Å²) in [5, 5.41) is 0. The number of rotatable bonds is 4. The largest absolute Gasteiger partial charge is 0.419 e. The topological polar surface area (TPSA) is 69.5 Å². The molecule has 0 N–H and O–H groups in total. The van der Waals surface area contributed by atoms with Crippen LogP contribution in [-0.2, 0) is 6.54 Å². The van der Waals surface area contributed by atoms with Crippen molar-refractivity contribution >= 4 is 17.0 Å². The summed E-state index contributed by atoms with van der Waals surface area (Å²) in [6.07, 6.45) is 7.82. The van der Waals surface area contributed by atoms with E-state index in [1.165, 1.54) is 23.8 Å². The number of oxazole rings is 1. The van der Waals surface area contributed by atoms with E-state index < -0.39 is 5.76 Å². The number of aromatic nitrogens is 2. The van der Waals surface area contributed by atoms with Gasteiger partial charge in [0.2, 0.25) is 5.91 Å². The lowest BCUT2D eigenvalue weighted by Crippen LogP contribution is -2.30. The minimum atomic E-state index is -0.435. The molecule has 0 saturated heterocycles. The van der Waals surface area contributed by atoms with Crippen LogP contribution >= 0.6 is 0 Å². The highest BCUT2D eigenvalue weighted by atomic mass is 16.4. The average Bonchev–Trinajstić information content (AvgIpc) is 3.02. The van der Waals surface area contributed by atoms with Crippen LogP contribution in [0.3, 0.4) is 0 Å². The van der Waals surface area contributed by atoms with Gasteiger partial charge in [0.1, 0.15) is 5.49 Å². The summed E-state index contributed by atoms with van der Waals surface area (Å²) in [5.74, 6) is -0.512. The van der Waals surface area contributed by atoms with Crippen LogP contribution in [0.15, 0.2) is 56.8 Å².